The number of rotatable bonds is 29. The standard InChI is InChI=1S/C54H65N9O13S2/c1-31(48(55)69)58-45(67)22-23-78-46(68)26-56-49(70)41(24-34-14-6-4-7-15-34)59-52(73)44(29-77-30-57-33(3)66)61-51(72)43(27-64)60-53(74)47(32(2)65)63-50(71)42(25-35-16-8-5-9-17-35)62-54(75)76-28-40-38-20-12-10-18-36(38)37-19-11-13-21-39(37)40/h4-21,31-32,40-44,47,64-65H,22-30H2,1-3H3,(H2,55,69)(H,56,70)(H,57,66)(H,58,67)(H,59,73)(H,60,74)(H,61,72)(H,62,75)(H,63,71)/t31-,32+,41-,42-,43-,44-,47-/m0/s1. The van der Waals surface area contributed by atoms with Crippen molar-refractivity contribution in [2.75, 3.05) is 37.1 Å². The highest BCUT2D eigenvalue weighted by atomic mass is 32.2. The molecule has 4 aromatic carbocycles. The van der Waals surface area contributed by atoms with Crippen LogP contribution in [-0.4, -0.2) is 148 Å². The minimum atomic E-state index is -1.78. The van der Waals surface area contributed by atoms with Gasteiger partial charge in [0, 0.05) is 43.6 Å². The number of ether oxygens (including phenoxy) is 1. The number of hydrogen-bond donors (Lipinski definition) is 11. The number of primary amides is 1. The maximum Gasteiger partial charge on any atom is 0.407 e. The maximum atomic E-state index is 14.1. The van der Waals surface area contributed by atoms with Crippen LogP contribution in [0.25, 0.3) is 11.1 Å². The van der Waals surface area contributed by atoms with Crippen LogP contribution >= 0.6 is 23.5 Å². The first-order valence-corrected chi connectivity index (χ1v) is 27.0. The van der Waals surface area contributed by atoms with Crippen LogP contribution in [0.3, 0.4) is 0 Å². The molecular formula is C54H65N9O13S2. The molecule has 5 rings (SSSR count). The van der Waals surface area contributed by atoms with E-state index in [2.05, 4.69) is 42.5 Å². The second kappa shape index (κ2) is 30.8. The second-order valence-electron chi connectivity index (χ2n) is 18.1. The van der Waals surface area contributed by atoms with Gasteiger partial charge in [-0.25, -0.2) is 4.79 Å². The molecule has 78 heavy (non-hydrogen) atoms. The summed E-state index contributed by atoms with van der Waals surface area (Å²) < 4.78 is 5.72. The van der Waals surface area contributed by atoms with Crippen molar-refractivity contribution in [2.24, 2.45) is 5.73 Å². The van der Waals surface area contributed by atoms with E-state index in [-0.39, 0.29) is 55.1 Å². The van der Waals surface area contributed by atoms with Gasteiger partial charge in [-0.15, -0.1) is 11.8 Å². The molecule has 416 valence electrons. The summed E-state index contributed by atoms with van der Waals surface area (Å²) in [6.45, 7) is 2.29. The van der Waals surface area contributed by atoms with Crippen molar-refractivity contribution in [3.63, 3.8) is 0 Å². The smallest absolute Gasteiger partial charge is 0.407 e. The largest absolute Gasteiger partial charge is 0.449 e. The topological polar surface area (TPSA) is 343 Å². The van der Waals surface area contributed by atoms with Gasteiger partial charge in [-0.05, 0) is 47.2 Å². The minimum absolute atomic E-state index is 0.00806. The van der Waals surface area contributed by atoms with Crippen LogP contribution in [0.15, 0.2) is 109 Å². The molecule has 0 bridgehead atoms. The van der Waals surface area contributed by atoms with Gasteiger partial charge in [0.05, 0.1) is 25.1 Å². The van der Waals surface area contributed by atoms with E-state index in [0.29, 0.717) is 11.1 Å². The molecule has 24 heteroatoms. The SMILES string of the molecule is CC(=O)NCSC[C@H](NC(=O)[C@H](CO)NC(=O)[C@@H](NC(=O)[C@H](Cc1ccccc1)NC(=O)OCC1c2ccccc2-c2ccccc21)[C@@H](C)O)C(=O)N[C@@H](Cc1ccccc1)C(=O)NCC(=O)SCCC(=O)N[C@@H](C)C(N)=O. The van der Waals surface area contributed by atoms with Crippen molar-refractivity contribution in [2.45, 2.75) is 88.3 Å². The van der Waals surface area contributed by atoms with Crippen LogP contribution in [0.2, 0.25) is 0 Å². The Labute approximate surface area is 459 Å². The number of carbonyl (C=O) groups excluding carboxylic acids is 10. The van der Waals surface area contributed by atoms with E-state index in [0.717, 1.165) is 45.8 Å². The lowest BCUT2D eigenvalue weighted by atomic mass is 9.98. The summed E-state index contributed by atoms with van der Waals surface area (Å²) in [5, 5.41) is 40.6. The molecule has 0 aromatic heterocycles. The highest BCUT2D eigenvalue weighted by Gasteiger charge is 2.35. The van der Waals surface area contributed by atoms with Crippen molar-refractivity contribution >= 4 is 82.0 Å². The highest BCUT2D eigenvalue weighted by Crippen LogP contribution is 2.44. The molecule has 9 amide bonds. The summed E-state index contributed by atoms with van der Waals surface area (Å²) >= 11 is 1.77. The van der Waals surface area contributed by atoms with Crippen LogP contribution in [0, 0.1) is 0 Å². The number of thioether (sulfide) groups is 2. The number of benzene rings is 4. The van der Waals surface area contributed by atoms with Crippen LogP contribution in [0.4, 0.5) is 4.79 Å². The molecule has 0 saturated heterocycles. The third-order valence-electron chi connectivity index (χ3n) is 12.2. The predicted molar refractivity (Wildman–Crippen MR) is 292 cm³/mol. The monoisotopic (exact) mass is 1110 g/mol. The number of hydrogen-bond acceptors (Lipinski definition) is 15. The number of amides is 9. The van der Waals surface area contributed by atoms with E-state index in [1.54, 1.807) is 60.7 Å². The van der Waals surface area contributed by atoms with Crippen molar-refractivity contribution in [1.82, 2.24) is 42.5 Å². The average molecular weight is 1110 g/mol. The summed E-state index contributed by atoms with van der Waals surface area (Å²) in [6, 6.07) is 24.2. The summed E-state index contributed by atoms with van der Waals surface area (Å²) in [5.41, 5.74) is 10.4. The van der Waals surface area contributed by atoms with Gasteiger partial charge in [-0.2, -0.15) is 0 Å². The van der Waals surface area contributed by atoms with Crippen LogP contribution in [0.5, 0.6) is 0 Å². The maximum absolute atomic E-state index is 14.1. The number of alkyl carbamates (subject to hydrolysis) is 1. The number of aliphatic hydroxyl groups excluding tert-OH is 2. The summed E-state index contributed by atoms with van der Waals surface area (Å²) in [6.07, 6.45) is -2.79. The molecule has 0 aliphatic heterocycles. The zero-order valence-corrected chi connectivity index (χ0v) is 44.8. The number of fused-ring (bicyclic) bond motifs is 3. The van der Waals surface area contributed by atoms with Crippen LogP contribution in [0.1, 0.15) is 55.4 Å². The summed E-state index contributed by atoms with van der Waals surface area (Å²) in [7, 11) is 0. The molecule has 0 radical (unpaired) electrons. The minimum Gasteiger partial charge on any atom is -0.449 e. The Morgan fingerprint density at radius 2 is 1.13 bits per heavy atom. The first-order chi connectivity index (χ1) is 37.3. The van der Waals surface area contributed by atoms with E-state index >= 15 is 0 Å². The van der Waals surface area contributed by atoms with Gasteiger partial charge in [0.2, 0.25) is 52.4 Å². The molecule has 0 fully saturated rings. The van der Waals surface area contributed by atoms with E-state index in [1.807, 2.05) is 48.5 Å². The number of carbonyl (C=O) groups is 10. The molecule has 22 nitrogen and oxygen atoms in total. The number of aliphatic hydroxyl groups is 2. The Kier molecular flexibility index (Phi) is 24.1. The zero-order chi connectivity index (χ0) is 56.7. The summed E-state index contributed by atoms with van der Waals surface area (Å²) in [5.74, 6) is -6.91. The fourth-order valence-corrected chi connectivity index (χ4v) is 9.63. The molecule has 1 aliphatic rings. The van der Waals surface area contributed by atoms with Crippen LogP contribution in [-0.2, 0) is 60.7 Å². The first-order valence-electron chi connectivity index (χ1n) is 24.9. The van der Waals surface area contributed by atoms with E-state index in [9.17, 15) is 58.2 Å². The summed E-state index contributed by atoms with van der Waals surface area (Å²) in [4.78, 5) is 131. The second-order valence-corrected chi connectivity index (χ2v) is 20.3. The zero-order valence-electron chi connectivity index (χ0n) is 43.2. The lowest BCUT2D eigenvalue weighted by molar-refractivity contribution is -0.136. The van der Waals surface area contributed by atoms with Gasteiger partial charge >= 0.3 is 6.09 Å². The Morgan fingerprint density at radius 3 is 1.68 bits per heavy atom. The predicted octanol–water partition coefficient (Wildman–Crippen LogP) is 0.274. The molecule has 0 saturated carbocycles. The normalized spacial score (nSPS) is 14.2. The molecule has 4 aromatic rings. The lowest BCUT2D eigenvalue weighted by Gasteiger charge is -2.27. The fraction of sp³-hybridized carbons (Fsp3) is 0.370. The quantitative estimate of drug-likeness (QED) is 0.0257. The molecule has 1 aliphatic carbocycles. The van der Waals surface area contributed by atoms with Gasteiger partial charge in [0.25, 0.3) is 0 Å². The van der Waals surface area contributed by atoms with E-state index in [1.165, 1.54) is 20.8 Å². The average Bonchev–Trinajstić information content (AvgIpc) is 3.80. The molecular weight excluding hydrogens is 1050 g/mol. The van der Waals surface area contributed by atoms with Gasteiger partial charge in [0.1, 0.15) is 42.9 Å². The van der Waals surface area contributed by atoms with Crippen LogP contribution < -0.4 is 48.3 Å². The number of nitrogens with one attached hydrogen (secondary N) is 8. The van der Waals surface area contributed by atoms with Gasteiger partial charge < -0.3 is 63.2 Å². The fourth-order valence-electron chi connectivity index (χ4n) is 8.05. The third-order valence-corrected chi connectivity index (χ3v) is 14.0. The third kappa shape index (κ3) is 19.0. The van der Waals surface area contributed by atoms with Crippen molar-refractivity contribution in [3.05, 3.63) is 131 Å². The van der Waals surface area contributed by atoms with E-state index in [4.69, 9.17) is 10.5 Å². The van der Waals surface area contributed by atoms with Gasteiger partial charge in [-0.3, -0.25) is 43.2 Å². The van der Waals surface area contributed by atoms with Crippen molar-refractivity contribution < 1.29 is 62.9 Å². The van der Waals surface area contributed by atoms with Crippen molar-refractivity contribution in [1.29, 1.82) is 0 Å². The van der Waals surface area contributed by atoms with Crippen molar-refractivity contribution in [3.8, 4) is 11.1 Å². The van der Waals surface area contributed by atoms with E-state index < -0.39 is 108 Å². The Balaban J connectivity index is 1.25. The molecule has 0 spiro atoms. The Bertz CT molecular complexity index is 2710. The van der Waals surface area contributed by atoms with Gasteiger partial charge in [0.15, 0.2) is 0 Å². The Hall–Kier alpha value is -7.80. The Morgan fingerprint density at radius 1 is 0.615 bits per heavy atom. The highest BCUT2D eigenvalue weighted by molar-refractivity contribution is 8.13. The molecule has 0 heterocycles. The van der Waals surface area contributed by atoms with Gasteiger partial charge in [-0.1, -0.05) is 121 Å². The molecule has 0 unspecified atom stereocenters. The lowest BCUT2D eigenvalue weighted by Crippen LogP contribution is -2.62. The molecule has 7 atom stereocenters. The number of nitrogens with two attached hydrogens (primary N) is 1. The first kappa shape index (κ1) is 61.1. The molecule has 12 N–H and O–H groups in total.